The van der Waals surface area contributed by atoms with Crippen molar-refractivity contribution in [2.75, 3.05) is 13.1 Å². The predicted octanol–water partition coefficient (Wildman–Crippen LogP) is 2.94. The normalized spacial score (nSPS) is 17.6. The maximum absolute atomic E-state index is 12.1. The summed E-state index contributed by atoms with van der Waals surface area (Å²) in [5.41, 5.74) is 1.18. The van der Waals surface area contributed by atoms with Crippen LogP contribution in [0.2, 0.25) is 0 Å². The predicted molar refractivity (Wildman–Crippen MR) is 79.7 cm³/mol. The molecule has 0 unspecified atom stereocenters. The van der Waals surface area contributed by atoms with Crippen molar-refractivity contribution >= 4 is 17.1 Å². The molecule has 1 aliphatic heterocycles. The Morgan fingerprint density at radius 1 is 1.42 bits per heavy atom. The molecule has 106 valence electrons. The minimum absolute atomic E-state index is 0.0762. The lowest BCUT2D eigenvalue weighted by atomic mass is 9.92. The van der Waals surface area contributed by atoms with E-state index in [1.807, 2.05) is 0 Å². The molecular formula is C15H24N2OS. The third kappa shape index (κ3) is 4.39. The number of nitrogens with one attached hydrogen (secondary N) is 1. The van der Waals surface area contributed by atoms with Gasteiger partial charge in [0.15, 0.2) is 0 Å². The highest BCUT2D eigenvalue weighted by molar-refractivity contribution is 7.09. The van der Waals surface area contributed by atoms with Gasteiger partial charge in [0, 0.05) is 17.2 Å². The van der Waals surface area contributed by atoms with Crippen molar-refractivity contribution in [3.63, 3.8) is 0 Å². The molecule has 2 heterocycles. The van der Waals surface area contributed by atoms with E-state index in [4.69, 9.17) is 0 Å². The van der Waals surface area contributed by atoms with Crippen LogP contribution in [0, 0.1) is 5.92 Å². The van der Waals surface area contributed by atoms with Crippen molar-refractivity contribution in [3.8, 4) is 0 Å². The summed E-state index contributed by atoms with van der Waals surface area (Å²) in [4.78, 5) is 16.7. The zero-order chi connectivity index (χ0) is 13.9. The zero-order valence-corrected chi connectivity index (χ0v) is 13.0. The molecule has 0 atom stereocenters. The van der Waals surface area contributed by atoms with Crippen LogP contribution in [0.1, 0.15) is 50.7 Å². The lowest BCUT2D eigenvalue weighted by Crippen LogP contribution is -2.29. The van der Waals surface area contributed by atoms with Gasteiger partial charge in [0.05, 0.1) is 12.1 Å². The van der Waals surface area contributed by atoms with Crippen LogP contribution in [0.5, 0.6) is 0 Å². The smallest absolute Gasteiger partial charge is 0.139 e. The fourth-order valence-electron chi connectivity index (χ4n) is 2.39. The zero-order valence-electron chi connectivity index (χ0n) is 12.2. The first-order valence-corrected chi connectivity index (χ1v) is 8.00. The second kappa shape index (κ2) is 6.14. The summed E-state index contributed by atoms with van der Waals surface area (Å²) < 4.78 is 0. The number of hydrogen-bond acceptors (Lipinski definition) is 4. The maximum Gasteiger partial charge on any atom is 0.139 e. The summed E-state index contributed by atoms with van der Waals surface area (Å²) >= 11 is 1.62. The van der Waals surface area contributed by atoms with Gasteiger partial charge in [-0.05, 0) is 31.8 Å². The fourth-order valence-corrected chi connectivity index (χ4v) is 3.43. The number of ketones is 1. The number of hydrogen-bond donors (Lipinski definition) is 1. The van der Waals surface area contributed by atoms with Crippen LogP contribution >= 0.6 is 11.3 Å². The van der Waals surface area contributed by atoms with Crippen LogP contribution in [-0.2, 0) is 16.6 Å². The molecule has 0 bridgehead atoms. The van der Waals surface area contributed by atoms with Crippen LogP contribution in [0.25, 0.3) is 0 Å². The number of thiazole rings is 1. The minimum Gasteiger partial charge on any atom is -0.317 e. The lowest BCUT2D eigenvalue weighted by Gasteiger charge is -2.21. The number of carbonyl (C=O) groups is 1. The van der Waals surface area contributed by atoms with Gasteiger partial charge in [-0.15, -0.1) is 11.3 Å². The first-order chi connectivity index (χ1) is 8.95. The van der Waals surface area contributed by atoms with E-state index in [1.54, 1.807) is 11.3 Å². The van der Waals surface area contributed by atoms with E-state index in [9.17, 15) is 4.79 Å². The van der Waals surface area contributed by atoms with E-state index >= 15 is 0 Å². The van der Waals surface area contributed by atoms with Gasteiger partial charge in [-0.1, -0.05) is 20.8 Å². The van der Waals surface area contributed by atoms with Gasteiger partial charge >= 0.3 is 0 Å². The maximum atomic E-state index is 12.1. The minimum atomic E-state index is 0.0762. The van der Waals surface area contributed by atoms with E-state index in [1.165, 1.54) is 0 Å². The molecule has 0 aromatic carbocycles. The Hall–Kier alpha value is -0.740. The van der Waals surface area contributed by atoms with Crippen molar-refractivity contribution in [3.05, 3.63) is 16.1 Å². The Morgan fingerprint density at radius 3 is 2.68 bits per heavy atom. The third-order valence-electron chi connectivity index (χ3n) is 3.64. The summed E-state index contributed by atoms with van der Waals surface area (Å²) in [7, 11) is 0. The molecule has 1 saturated heterocycles. The fraction of sp³-hybridized carbons (Fsp3) is 0.733. The van der Waals surface area contributed by atoms with E-state index < -0.39 is 0 Å². The van der Waals surface area contributed by atoms with Crippen LogP contribution in [-0.4, -0.2) is 23.9 Å². The number of rotatable bonds is 4. The summed E-state index contributed by atoms with van der Waals surface area (Å²) in [5, 5.41) is 6.40. The van der Waals surface area contributed by atoms with E-state index in [2.05, 4.69) is 36.5 Å². The van der Waals surface area contributed by atoms with Crippen LogP contribution in [0.15, 0.2) is 5.38 Å². The van der Waals surface area contributed by atoms with E-state index in [-0.39, 0.29) is 5.41 Å². The van der Waals surface area contributed by atoms with Gasteiger partial charge in [-0.25, -0.2) is 4.98 Å². The number of Topliss-reactive ketones (excluding diaryl/α,β-unsaturated/α-hetero) is 1. The molecule has 1 aromatic heterocycles. The van der Waals surface area contributed by atoms with Gasteiger partial charge in [0.1, 0.15) is 10.8 Å². The molecule has 1 N–H and O–H groups in total. The number of nitrogens with zero attached hydrogens (tertiary/aromatic N) is 1. The van der Waals surface area contributed by atoms with Crippen molar-refractivity contribution in [1.29, 1.82) is 0 Å². The van der Waals surface area contributed by atoms with Crippen LogP contribution in [0.3, 0.4) is 0 Å². The number of carbonyl (C=O) groups excluding carboxylic acids is 1. The highest BCUT2D eigenvalue weighted by Gasteiger charge is 2.20. The SMILES string of the molecule is CC(C)(C)c1csc(CC(=O)CC2CCNCC2)n1. The molecule has 1 fully saturated rings. The average molecular weight is 280 g/mol. The summed E-state index contributed by atoms with van der Waals surface area (Å²) in [6.45, 7) is 8.58. The lowest BCUT2D eigenvalue weighted by molar-refractivity contribution is -0.119. The molecule has 0 spiro atoms. The highest BCUT2D eigenvalue weighted by atomic mass is 32.1. The molecule has 0 aliphatic carbocycles. The first-order valence-electron chi connectivity index (χ1n) is 7.12. The second-order valence-electron chi connectivity index (χ2n) is 6.49. The Labute approximate surface area is 119 Å². The molecular weight excluding hydrogens is 256 g/mol. The summed E-state index contributed by atoms with van der Waals surface area (Å²) in [6.07, 6.45) is 3.52. The summed E-state index contributed by atoms with van der Waals surface area (Å²) in [5.74, 6) is 0.928. The molecule has 19 heavy (non-hydrogen) atoms. The van der Waals surface area contributed by atoms with Gasteiger partial charge in [0.25, 0.3) is 0 Å². The van der Waals surface area contributed by atoms with Crippen molar-refractivity contribution in [1.82, 2.24) is 10.3 Å². The first kappa shape index (κ1) is 14.7. The Balaban J connectivity index is 1.86. The average Bonchev–Trinajstić information content (AvgIpc) is 2.78. The van der Waals surface area contributed by atoms with Crippen molar-refractivity contribution in [2.45, 2.75) is 51.9 Å². The topological polar surface area (TPSA) is 42.0 Å². The summed E-state index contributed by atoms with van der Waals surface area (Å²) in [6, 6.07) is 0. The quantitative estimate of drug-likeness (QED) is 0.922. The number of aromatic nitrogens is 1. The molecule has 1 aliphatic rings. The molecule has 1 aromatic rings. The monoisotopic (exact) mass is 280 g/mol. The molecule has 4 heteroatoms. The van der Waals surface area contributed by atoms with Crippen molar-refractivity contribution in [2.24, 2.45) is 5.92 Å². The second-order valence-corrected chi connectivity index (χ2v) is 7.43. The third-order valence-corrected chi connectivity index (χ3v) is 4.49. The Kier molecular flexibility index (Phi) is 4.74. The van der Waals surface area contributed by atoms with E-state index in [0.29, 0.717) is 18.1 Å². The standard InChI is InChI=1S/C15H24N2OS/c1-15(2,3)13-10-19-14(17-13)9-12(18)8-11-4-6-16-7-5-11/h10-11,16H,4-9H2,1-3H3. The Morgan fingerprint density at radius 2 is 2.11 bits per heavy atom. The van der Waals surface area contributed by atoms with Gasteiger partial charge < -0.3 is 5.32 Å². The van der Waals surface area contributed by atoms with Gasteiger partial charge in [0.2, 0.25) is 0 Å². The Bertz CT molecular complexity index is 428. The molecule has 0 amide bonds. The van der Waals surface area contributed by atoms with Gasteiger partial charge in [-0.2, -0.15) is 0 Å². The molecule has 3 nitrogen and oxygen atoms in total. The number of piperidine rings is 1. The highest BCUT2D eigenvalue weighted by Crippen LogP contribution is 2.25. The molecule has 0 radical (unpaired) electrons. The van der Waals surface area contributed by atoms with Gasteiger partial charge in [-0.3, -0.25) is 4.79 Å². The van der Waals surface area contributed by atoms with Crippen molar-refractivity contribution < 1.29 is 4.79 Å². The van der Waals surface area contributed by atoms with E-state index in [0.717, 1.165) is 43.1 Å². The van der Waals surface area contributed by atoms with Crippen LogP contribution < -0.4 is 5.32 Å². The largest absolute Gasteiger partial charge is 0.317 e. The molecule has 0 saturated carbocycles. The van der Waals surface area contributed by atoms with Crippen LogP contribution in [0.4, 0.5) is 0 Å². The molecule has 2 rings (SSSR count).